The smallest absolute Gasteiger partial charge is 0.271 e. The number of thiazole rings is 1. The Balaban J connectivity index is 1.63. The quantitative estimate of drug-likeness (QED) is 0.334. The number of aromatic nitrogens is 1. The van der Waals surface area contributed by atoms with Gasteiger partial charge in [-0.05, 0) is 73.4 Å². The van der Waals surface area contributed by atoms with E-state index >= 15 is 0 Å². The van der Waals surface area contributed by atoms with E-state index in [1.807, 2.05) is 92.7 Å². The van der Waals surface area contributed by atoms with Gasteiger partial charge in [-0.25, -0.2) is 4.99 Å². The Morgan fingerprint density at radius 1 is 1.07 bits per heavy atom. The van der Waals surface area contributed by atoms with Crippen LogP contribution >= 0.6 is 11.3 Å². The maximum absolute atomic E-state index is 13.9. The largest absolute Gasteiger partial charge is 0.496 e. The summed E-state index contributed by atoms with van der Waals surface area (Å²) >= 11 is 1.31. The molecule has 0 saturated carbocycles. The van der Waals surface area contributed by atoms with Crippen molar-refractivity contribution in [3.63, 3.8) is 0 Å². The van der Waals surface area contributed by atoms with Crippen LogP contribution in [0, 0.1) is 6.92 Å². The van der Waals surface area contributed by atoms with E-state index in [4.69, 9.17) is 14.5 Å². The Morgan fingerprint density at radius 3 is 2.52 bits per heavy atom. The summed E-state index contributed by atoms with van der Waals surface area (Å²) in [4.78, 5) is 32.9. The number of allylic oxidation sites excluding steroid dienone is 1. The van der Waals surface area contributed by atoms with Gasteiger partial charge in [-0.3, -0.25) is 14.2 Å². The molecule has 4 aromatic rings. The predicted molar refractivity (Wildman–Crippen MR) is 159 cm³/mol. The van der Waals surface area contributed by atoms with Crippen LogP contribution in [0.15, 0.2) is 93.9 Å². The van der Waals surface area contributed by atoms with Gasteiger partial charge in [-0.1, -0.05) is 60.7 Å². The molecule has 0 radical (unpaired) electrons. The van der Waals surface area contributed by atoms with Crippen LogP contribution in [-0.2, 0) is 4.79 Å². The lowest BCUT2D eigenvalue weighted by molar-refractivity contribution is -0.113. The molecule has 1 N–H and O–H groups in total. The average Bonchev–Trinajstić information content (AvgIpc) is 3.26. The third-order valence-electron chi connectivity index (χ3n) is 6.70. The molecule has 0 saturated heterocycles. The molecular weight excluding hydrogens is 522 g/mol. The van der Waals surface area contributed by atoms with Crippen LogP contribution < -0.4 is 29.7 Å². The summed E-state index contributed by atoms with van der Waals surface area (Å²) in [6.07, 6.45) is 2.78. The molecule has 2 heterocycles. The zero-order chi connectivity index (χ0) is 28.2. The SMILES string of the molecule is CCCOc1ccc(/C=c2\sc3n(c2=O)[C@H](c2ccc(C)c(OC)c2)C(C(=O)Nc2ccccc2)=C(C)N=3)cc1. The van der Waals surface area contributed by atoms with E-state index < -0.39 is 6.04 Å². The number of nitrogens with zero attached hydrogens (tertiary/aromatic N) is 2. The van der Waals surface area contributed by atoms with Crippen LogP contribution in [0.1, 0.15) is 43.0 Å². The minimum absolute atomic E-state index is 0.211. The van der Waals surface area contributed by atoms with Gasteiger partial charge >= 0.3 is 0 Å². The molecule has 0 unspecified atom stereocenters. The second kappa shape index (κ2) is 11.8. The first-order chi connectivity index (χ1) is 19.4. The number of rotatable bonds is 8. The first-order valence-electron chi connectivity index (χ1n) is 13.2. The maximum Gasteiger partial charge on any atom is 0.271 e. The second-order valence-electron chi connectivity index (χ2n) is 9.55. The van der Waals surface area contributed by atoms with Gasteiger partial charge in [-0.2, -0.15) is 0 Å². The van der Waals surface area contributed by atoms with Gasteiger partial charge in [0, 0.05) is 5.69 Å². The van der Waals surface area contributed by atoms with E-state index in [1.54, 1.807) is 11.7 Å². The number of methoxy groups -OCH3 is 1. The Kier molecular flexibility index (Phi) is 7.98. The molecule has 3 aromatic carbocycles. The zero-order valence-corrected chi connectivity index (χ0v) is 23.7. The van der Waals surface area contributed by atoms with Crippen molar-refractivity contribution in [2.45, 2.75) is 33.2 Å². The van der Waals surface area contributed by atoms with Crippen LogP contribution in [-0.4, -0.2) is 24.2 Å². The molecular formula is C32H31N3O4S. The van der Waals surface area contributed by atoms with Crippen molar-refractivity contribution >= 4 is 29.0 Å². The summed E-state index contributed by atoms with van der Waals surface area (Å²) in [5.41, 5.74) is 4.02. The highest BCUT2D eigenvalue weighted by Gasteiger charge is 2.33. The van der Waals surface area contributed by atoms with Crippen LogP contribution in [0.4, 0.5) is 5.69 Å². The number of benzene rings is 3. The lowest BCUT2D eigenvalue weighted by Gasteiger charge is -2.26. The molecule has 0 aliphatic carbocycles. The predicted octanol–water partition coefficient (Wildman–Crippen LogP) is 4.98. The fraction of sp³-hybridized carbons (Fsp3) is 0.219. The molecule has 40 heavy (non-hydrogen) atoms. The molecule has 0 fully saturated rings. The monoisotopic (exact) mass is 553 g/mol. The fourth-order valence-corrected chi connectivity index (χ4v) is 5.73. The highest BCUT2D eigenvalue weighted by Crippen LogP contribution is 2.33. The van der Waals surface area contributed by atoms with E-state index in [0.717, 1.165) is 28.9 Å². The number of carbonyl (C=O) groups is 1. The maximum atomic E-state index is 13.9. The van der Waals surface area contributed by atoms with Crippen molar-refractivity contribution in [1.82, 2.24) is 4.57 Å². The Labute approximate surface area is 236 Å². The average molecular weight is 554 g/mol. The normalized spacial score (nSPS) is 14.9. The van der Waals surface area contributed by atoms with E-state index in [1.165, 1.54) is 11.3 Å². The van der Waals surface area contributed by atoms with Crippen LogP contribution in [0.25, 0.3) is 6.08 Å². The van der Waals surface area contributed by atoms with E-state index in [-0.39, 0.29) is 11.5 Å². The summed E-state index contributed by atoms with van der Waals surface area (Å²) in [6.45, 7) is 6.48. The molecule has 1 amide bonds. The molecule has 1 aliphatic heterocycles. The number of hydrogen-bond acceptors (Lipinski definition) is 6. The molecule has 204 valence electrons. The Hall–Kier alpha value is -4.43. The van der Waals surface area contributed by atoms with Gasteiger partial charge in [0.15, 0.2) is 4.80 Å². The summed E-state index contributed by atoms with van der Waals surface area (Å²) < 4.78 is 13.4. The lowest BCUT2D eigenvalue weighted by Crippen LogP contribution is -2.40. The second-order valence-corrected chi connectivity index (χ2v) is 10.6. The van der Waals surface area contributed by atoms with Crippen molar-refractivity contribution < 1.29 is 14.3 Å². The highest BCUT2D eigenvalue weighted by atomic mass is 32.1. The third-order valence-corrected chi connectivity index (χ3v) is 7.68. The van der Waals surface area contributed by atoms with Crippen LogP contribution in [0.3, 0.4) is 0 Å². The van der Waals surface area contributed by atoms with Crippen LogP contribution in [0.2, 0.25) is 0 Å². The van der Waals surface area contributed by atoms with Crippen molar-refractivity contribution in [3.8, 4) is 11.5 Å². The lowest BCUT2D eigenvalue weighted by atomic mass is 9.94. The van der Waals surface area contributed by atoms with Crippen molar-refractivity contribution in [2.24, 2.45) is 4.99 Å². The minimum atomic E-state index is -0.679. The first kappa shape index (κ1) is 27.1. The van der Waals surface area contributed by atoms with Gasteiger partial charge in [0.05, 0.1) is 35.6 Å². The summed E-state index contributed by atoms with van der Waals surface area (Å²) in [5.74, 6) is 1.16. The standard InChI is InChI=1S/C32H31N3O4S/c1-5-17-39-25-15-12-22(13-16-25)18-27-31(37)35-29(23-14-11-20(2)26(19-23)38-4)28(21(3)33-32(35)40-27)30(36)34-24-9-7-6-8-10-24/h6-16,18-19,29H,5,17H2,1-4H3,(H,34,36)/b27-18-/t29-/m1/s1. The summed E-state index contributed by atoms with van der Waals surface area (Å²) in [5, 5.41) is 2.98. The number of amides is 1. The van der Waals surface area contributed by atoms with Gasteiger partial charge < -0.3 is 14.8 Å². The van der Waals surface area contributed by atoms with Gasteiger partial charge in [-0.15, -0.1) is 0 Å². The number of carbonyl (C=O) groups excluding carboxylic acids is 1. The molecule has 8 heteroatoms. The molecule has 1 atom stereocenters. The van der Waals surface area contributed by atoms with Gasteiger partial charge in [0.25, 0.3) is 11.5 Å². The highest BCUT2D eigenvalue weighted by molar-refractivity contribution is 7.07. The fourth-order valence-electron chi connectivity index (χ4n) is 4.69. The number of para-hydroxylation sites is 1. The first-order valence-corrected chi connectivity index (χ1v) is 14.0. The van der Waals surface area contributed by atoms with Crippen molar-refractivity contribution in [3.05, 3.63) is 120 Å². The topological polar surface area (TPSA) is 81.9 Å². The molecule has 7 nitrogen and oxygen atoms in total. The Bertz CT molecular complexity index is 1750. The molecule has 1 aliphatic rings. The van der Waals surface area contributed by atoms with Gasteiger partial charge in [0.1, 0.15) is 11.5 Å². The van der Waals surface area contributed by atoms with E-state index in [0.29, 0.717) is 38.6 Å². The molecule has 0 bridgehead atoms. The number of fused-ring (bicyclic) bond motifs is 1. The molecule has 0 spiro atoms. The van der Waals surface area contributed by atoms with Crippen molar-refractivity contribution in [2.75, 3.05) is 19.0 Å². The third kappa shape index (κ3) is 5.49. The number of ether oxygens (including phenoxy) is 2. The van der Waals surface area contributed by atoms with Crippen LogP contribution in [0.5, 0.6) is 11.5 Å². The number of anilines is 1. The zero-order valence-electron chi connectivity index (χ0n) is 22.9. The number of aryl methyl sites for hydroxylation is 1. The number of nitrogens with one attached hydrogen (secondary N) is 1. The molecule has 1 aromatic heterocycles. The minimum Gasteiger partial charge on any atom is -0.496 e. The molecule has 5 rings (SSSR count). The summed E-state index contributed by atoms with van der Waals surface area (Å²) in [6, 6.07) is 22.0. The van der Waals surface area contributed by atoms with Gasteiger partial charge in [0.2, 0.25) is 0 Å². The van der Waals surface area contributed by atoms with E-state index in [9.17, 15) is 9.59 Å². The summed E-state index contributed by atoms with van der Waals surface area (Å²) in [7, 11) is 1.61. The Morgan fingerprint density at radius 2 is 1.82 bits per heavy atom. The van der Waals surface area contributed by atoms with E-state index in [2.05, 4.69) is 12.2 Å². The number of hydrogen-bond donors (Lipinski definition) is 1. The van der Waals surface area contributed by atoms with Crippen molar-refractivity contribution in [1.29, 1.82) is 0 Å².